The van der Waals surface area contributed by atoms with Crippen molar-refractivity contribution in [2.75, 3.05) is 5.32 Å². The van der Waals surface area contributed by atoms with Crippen LogP contribution in [0.4, 0.5) is 11.1 Å². The Morgan fingerprint density at radius 3 is 3.12 bits per heavy atom. The summed E-state index contributed by atoms with van der Waals surface area (Å²) in [6, 6.07) is 3.56. The molecule has 0 bridgehead atoms. The number of aryl methyl sites for hydroxylation is 2. The summed E-state index contributed by atoms with van der Waals surface area (Å²) in [5.74, 6) is 0.427. The molecule has 1 aliphatic rings. The first-order chi connectivity index (χ1) is 8.35. The van der Waals surface area contributed by atoms with Crippen molar-refractivity contribution >= 4 is 22.4 Å². The molecule has 1 N–H and O–H groups in total. The van der Waals surface area contributed by atoms with Crippen LogP contribution in [0.3, 0.4) is 0 Å². The molecule has 0 aliphatic heterocycles. The zero-order valence-corrected chi connectivity index (χ0v) is 9.79. The Morgan fingerprint density at radius 1 is 1.35 bits per heavy atom. The molecule has 1 aliphatic carbocycles. The van der Waals surface area contributed by atoms with Crippen LogP contribution in [0.2, 0.25) is 0 Å². The summed E-state index contributed by atoms with van der Waals surface area (Å²) in [4.78, 5) is 13.9. The summed E-state index contributed by atoms with van der Waals surface area (Å²) in [7, 11) is 0. The molecule has 0 radical (unpaired) electrons. The van der Waals surface area contributed by atoms with E-state index in [4.69, 9.17) is 5.26 Å². The van der Waals surface area contributed by atoms with Gasteiger partial charge in [-0.3, -0.25) is 5.32 Å². The van der Waals surface area contributed by atoms with Gasteiger partial charge in [0.1, 0.15) is 11.8 Å². The monoisotopic (exact) mass is 243 g/mol. The number of nitrogens with one attached hydrogen (secondary N) is 1. The predicted molar refractivity (Wildman–Crippen MR) is 64.2 cm³/mol. The Balaban J connectivity index is 1.84. The molecule has 2 aromatic rings. The van der Waals surface area contributed by atoms with Crippen LogP contribution in [-0.4, -0.2) is 15.0 Å². The maximum absolute atomic E-state index is 8.74. The standard InChI is InChI=1S/C11H9N5S/c12-6-7-4-5-13-10(14-7)16-11-15-8-2-1-3-9(8)17-11/h4-5H,1-3H2,(H,13,14,15,16). The van der Waals surface area contributed by atoms with Gasteiger partial charge >= 0.3 is 0 Å². The lowest BCUT2D eigenvalue weighted by atomic mass is 10.4. The molecular weight excluding hydrogens is 234 g/mol. The van der Waals surface area contributed by atoms with Crippen LogP contribution < -0.4 is 5.32 Å². The predicted octanol–water partition coefficient (Wildman–Crippen LogP) is 2.04. The smallest absolute Gasteiger partial charge is 0.230 e. The Labute approximate surface area is 102 Å². The molecule has 0 amide bonds. The van der Waals surface area contributed by atoms with Crippen molar-refractivity contribution in [3.8, 4) is 6.07 Å². The number of hydrogen-bond acceptors (Lipinski definition) is 6. The van der Waals surface area contributed by atoms with Gasteiger partial charge in [0.05, 0.1) is 5.69 Å². The Morgan fingerprint density at radius 2 is 2.29 bits per heavy atom. The van der Waals surface area contributed by atoms with Crippen LogP contribution in [0, 0.1) is 11.3 Å². The summed E-state index contributed by atoms with van der Waals surface area (Å²) < 4.78 is 0. The molecule has 0 saturated heterocycles. The quantitative estimate of drug-likeness (QED) is 0.873. The highest BCUT2D eigenvalue weighted by Crippen LogP contribution is 2.31. The molecule has 0 fully saturated rings. The van der Waals surface area contributed by atoms with E-state index in [2.05, 4.69) is 20.3 Å². The molecule has 2 aromatic heterocycles. The molecule has 17 heavy (non-hydrogen) atoms. The minimum Gasteiger partial charge on any atom is -0.300 e. The Kier molecular flexibility index (Phi) is 2.46. The number of rotatable bonds is 2. The van der Waals surface area contributed by atoms with Crippen LogP contribution in [0.25, 0.3) is 0 Å². The van der Waals surface area contributed by atoms with Gasteiger partial charge in [0.25, 0.3) is 0 Å². The zero-order chi connectivity index (χ0) is 11.7. The van der Waals surface area contributed by atoms with Crippen molar-refractivity contribution < 1.29 is 0 Å². The van der Waals surface area contributed by atoms with E-state index in [1.165, 1.54) is 17.0 Å². The third-order valence-electron chi connectivity index (χ3n) is 2.58. The van der Waals surface area contributed by atoms with Gasteiger partial charge in [-0.2, -0.15) is 5.26 Å². The van der Waals surface area contributed by atoms with Crippen LogP contribution >= 0.6 is 11.3 Å². The first-order valence-corrected chi connectivity index (χ1v) is 6.15. The van der Waals surface area contributed by atoms with Crippen molar-refractivity contribution in [3.63, 3.8) is 0 Å². The number of nitrogens with zero attached hydrogens (tertiary/aromatic N) is 4. The van der Waals surface area contributed by atoms with Gasteiger partial charge in [-0.15, -0.1) is 11.3 Å². The zero-order valence-electron chi connectivity index (χ0n) is 8.97. The molecule has 2 heterocycles. The molecule has 0 unspecified atom stereocenters. The van der Waals surface area contributed by atoms with Gasteiger partial charge in [-0.1, -0.05) is 0 Å². The number of aromatic nitrogens is 3. The van der Waals surface area contributed by atoms with E-state index < -0.39 is 0 Å². The molecular formula is C11H9N5S. The summed E-state index contributed by atoms with van der Waals surface area (Å²) >= 11 is 1.65. The average molecular weight is 243 g/mol. The van der Waals surface area contributed by atoms with E-state index in [0.717, 1.165) is 18.0 Å². The van der Waals surface area contributed by atoms with E-state index in [0.29, 0.717) is 11.6 Å². The lowest BCUT2D eigenvalue weighted by Crippen LogP contribution is -1.97. The lowest BCUT2D eigenvalue weighted by molar-refractivity contribution is 0.900. The normalized spacial score (nSPS) is 13.1. The van der Waals surface area contributed by atoms with Crippen molar-refractivity contribution in [2.45, 2.75) is 19.3 Å². The molecule has 84 valence electrons. The summed E-state index contributed by atoms with van der Waals surface area (Å²) in [6.07, 6.45) is 4.95. The minimum absolute atomic E-state index is 0.353. The second kappa shape index (κ2) is 4.11. The largest absolute Gasteiger partial charge is 0.300 e. The van der Waals surface area contributed by atoms with E-state index in [-0.39, 0.29) is 0 Å². The number of fused-ring (bicyclic) bond motifs is 1. The summed E-state index contributed by atoms with van der Waals surface area (Å²) in [6.45, 7) is 0. The maximum atomic E-state index is 8.74. The topological polar surface area (TPSA) is 74.5 Å². The van der Waals surface area contributed by atoms with Crippen molar-refractivity contribution in [1.29, 1.82) is 5.26 Å². The SMILES string of the molecule is N#Cc1ccnc(Nc2nc3c(s2)CCC3)n1. The third kappa shape index (κ3) is 1.97. The molecule has 3 rings (SSSR count). The molecule has 0 spiro atoms. The van der Waals surface area contributed by atoms with Crippen molar-refractivity contribution in [2.24, 2.45) is 0 Å². The minimum atomic E-state index is 0.353. The lowest BCUT2D eigenvalue weighted by Gasteiger charge is -1.99. The first kappa shape index (κ1) is 10.2. The fraction of sp³-hybridized carbons (Fsp3) is 0.273. The highest BCUT2D eigenvalue weighted by Gasteiger charge is 2.16. The van der Waals surface area contributed by atoms with Crippen molar-refractivity contribution in [1.82, 2.24) is 15.0 Å². The van der Waals surface area contributed by atoms with Crippen LogP contribution in [0.5, 0.6) is 0 Å². The van der Waals surface area contributed by atoms with E-state index in [9.17, 15) is 0 Å². The fourth-order valence-electron chi connectivity index (χ4n) is 1.82. The molecule has 5 nitrogen and oxygen atoms in total. The van der Waals surface area contributed by atoms with Gasteiger partial charge in [0.2, 0.25) is 5.95 Å². The van der Waals surface area contributed by atoms with Crippen molar-refractivity contribution in [3.05, 3.63) is 28.5 Å². The number of nitriles is 1. The second-order valence-electron chi connectivity index (χ2n) is 3.74. The highest BCUT2D eigenvalue weighted by atomic mass is 32.1. The van der Waals surface area contributed by atoms with Crippen LogP contribution in [-0.2, 0) is 12.8 Å². The first-order valence-electron chi connectivity index (χ1n) is 5.34. The summed E-state index contributed by atoms with van der Waals surface area (Å²) in [5, 5.41) is 12.6. The average Bonchev–Trinajstić information content (AvgIpc) is 2.90. The van der Waals surface area contributed by atoms with Gasteiger partial charge in [-0.25, -0.2) is 15.0 Å². The summed E-state index contributed by atoms with van der Waals surface area (Å²) in [5.41, 5.74) is 1.54. The second-order valence-corrected chi connectivity index (χ2v) is 4.83. The Bertz CT molecular complexity index is 577. The molecule has 0 saturated carbocycles. The van der Waals surface area contributed by atoms with E-state index >= 15 is 0 Å². The molecule has 0 aromatic carbocycles. The van der Waals surface area contributed by atoms with E-state index in [1.807, 2.05) is 6.07 Å². The molecule has 6 heteroatoms. The Hall–Kier alpha value is -2.00. The number of anilines is 2. The van der Waals surface area contributed by atoms with Crippen LogP contribution in [0.1, 0.15) is 22.7 Å². The highest BCUT2D eigenvalue weighted by molar-refractivity contribution is 7.15. The van der Waals surface area contributed by atoms with Gasteiger partial charge in [0.15, 0.2) is 5.13 Å². The molecule has 0 atom stereocenters. The van der Waals surface area contributed by atoms with Gasteiger partial charge in [-0.05, 0) is 25.3 Å². The van der Waals surface area contributed by atoms with Gasteiger partial charge < -0.3 is 0 Å². The number of hydrogen-bond donors (Lipinski definition) is 1. The third-order valence-corrected chi connectivity index (χ3v) is 3.66. The van der Waals surface area contributed by atoms with Gasteiger partial charge in [0, 0.05) is 11.1 Å². The van der Waals surface area contributed by atoms with Crippen LogP contribution in [0.15, 0.2) is 12.3 Å². The number of thiazole rings is 1. The maximum Gasteiger partial charge on any atom is 0.230 e. The fourth-order valence-corrected chi connectivity index (χ4v) is 2.86. The van der Waals surface area contributed by atoms with E-state index in [1.54, 1.807) is 23.6 Å².